The van der Waals surface area contributed by atoms with Gasteiger partial charge in [0.1, 0.15) is 12.4 Å². The van der Waals surface area contributed by atoms with E-state index in [0.717, 1.165) is 5.56 Å². The Balaban J connectivity index is 2.20. The molecule has 0 unspecified atom stereocenters. The number of ether oxygens (including phenoxy) is 1. The lowest BCUT2D eigenvalue weighted by Crippen LogP contribution is -2.01. The molecule has 2 rings (SSSR count). The fourth-order valence-electron chi connectivity index (χ4n) is 1.75. The van der Waals surface area contributed by atoms with Crippen LogP contribution in [0.3, 0.4) is 0 Å². The zero-order valence-electron chi connectivity index (χ0n) is 10.7. The predicted molar refractivity (Wildman–Crippen MR) is 83.4 cm³/mol. The van der Waals surface area contributed by atoms with Crippen LogP contribution >= 0.6 is 34.8 Å². The molecule has 0 atom stereocenters. The van der Waals surface area contributed by atoms with Crippen molar-refractivity contribution in [1.29, 1.82) is 0 Å². The fraction of sp³-hybridized carbons (Fsp3) is 0.143. The van der Waals surface area contributed by atoms with Crippen LogP contribution in [0, 0.1) is 10.1 Å². The Morgan fingerprint density at radius 3 is 2.52 bits per heavy atom. The molecule has 0 bridgehead atoms. The normalized spacial score (nSPS) is 10.4. The summed E-state index contributed by atoms with van der Waals surface area (Å²) in [5.74, 6) is 0.777. The van der Waals surface area contributed by atoms with Gasteiger partial charge in [0.15, 0.2) is 0 Å². The lowest BCUT2D eigenvalue weighted by Gasteiger charge is -2.09. The molecule has 0 saturated heterocycles. The van der Waals surface area contributed by atoms with Crippen LogP contribution in [0.5, 0.6) is 5.75 Å². The van der Waals surface area contributed by atoms with Gasteiger partial charge in [-0.15, -0.1) is 11.6 Å². The van der Waals surface area contributed by atoms with E-state index in [9.17, 15) is 10.1 Å². The van der Waals surface area contributed by atoms with Crippen molar-refractivity contribution in [2.45, 2.75) is 12.5 Å². The first-order valence-electron chi connectivity index (χ1n) is 5.91. The summed E-state index contributed by atoms with van der Waals surface area (Å²) in [5, 5.41) is 11.8. The molecular formula is C14H10Cl3NO3. The van der Waals surface area contributed by atoms with Crippen LogP contribution < -0.4 is 4.74 Å². The number of nitro benzene ring substituents is 1. The minimum Gasteiger partial charge on any atom is -0.487 e. The molecule has 2 aromatic carbocycles. The van der Waals surface area contributed by atoms with Crippen molar-refractivity contribution >= 4 is 40.5 Å². The van der Waals surface area contributed by atoms with Gasteiger partial charge < -0.3 is 4.74 Å². The first-order valence-corrected chi connectivity index (χ1v) is 7.20. The maximum absolute atomic E-state index is 11.0. The fourth-order valence-corrected chi connectivity index (χ4v) is 2.37. The third kappa shape index (κ3) is 4.00. The Kier molecular flexibility index (Phi) is 5.28. The van der Waals surface area contributed by atoms with Crippen molar-refractivity contribution in [2.24, 2.45) is 0 Å². The number of nitrogens with zero attached hydrogens (tertiary/aromatic N) is 1. The zero-order chi connectivity index (χ0) is 15.4. The second-order valence-corrected chi connectivity index (χ2v) is 5.33. The minimum absolute atomic E-state index is 0.00316. The number of halogens is 3. The smallest absolute Gasteiger partial charge is 0.276 e. The molecule has 0 amide bonds. The summed E-state index contributed by atoms with van der Waals surface area (Å²) in [6.45, 7) is -0.00316. The van der Waals surface area contributed by atoms with Crippen molar-refractivity contribution in [1.82, 2.24) is 0 Å². The maximum atomic E-state index is 11.0. The molecule has 0 heterocycles. The molecule has 0 fully saturated rings. The Morgan fingerprint density at radius 2 is 1.90 bits per heavy atom. The minimum atomic E-state index is -0.479. The second-order valence-electron chi connectivity index (χ2n) is 4.22. The maximum Gasteiger partial charge on any atom is 0.276 e. The molecule has 0 saturated carbocycles. The highest BCUT2D eigenvalue weighted by atomic mass is 35.5. The van der Waals surface area contributed by atoms with E-state index in [1.807, 2.05) is 0 Å². The van der Waals surface area contributed by atoms with E-state index < -0.39 is 4.92 Å². The van der Waals surface area contributed by atoms with Crippen LogP contribution in [0.1, 0.15) is 11.1 Å². The number of hydrogen-bond donors (Lipinski definition) is 0. The summed E-state index contributed by atoms with van der Waals surface area (Å²) in [4.78, 5) is 10.5. The van der Waals surface area contributed by atoms with Crippen molar-refractivity contribution in [3.8, 4) is 5.75 Å². The van der Waals surface area contributed by atoms with E-state index in [1.165, 1.54) is 18.2 Å². The number of nitro groups is 1. The number of benzene rings is 2. The standard InChI is InChI=1S/C14H10Cl3NO3/c15-7-9-1-4-14(12(17)5-9)21-8-10-6-11(16)2-3-13(10)18(19)20/h1-6H,7-8H2. The lowest BCUT2D eigenvalue weighted by molar-refractivity contribution is -0.385. The molecule has 2 aromatic rings. The largest absolute Gasteiger partial charge is 0.487 e. The first-order chi connectivity index (χ1) is 10.0. The van der Waals surface area contributed by atoms with E-state index in [1.54, 1.807) is 18.2 Å². The summed E-state index contributed by atoms with van der Waals surface area (Å²) >= 11 is 17.6. The lowest BCUT2D eigenvalue weighted by atomic mass is 10.2. The van der Waals surface area contributed by atoms with Gasteiger partial charge in [-0.1, -0.05) is 29.3 Å². The Morgan fingerprint density at radius 1 is 1.14 bits per heavy atom. The van der Waals surface area contributed by atoms with Gasteiger partial charge in [-0.3, -0.25) is 10.1 Å². The average Bonchev–Trinajstić information content (AvgIpc) is 2.45. The van der Waals surface area contributed by atoms with E-state index in [-0.39, 0.29) is 12.3 Å². The highest BCUT2D eigenvalue weighted by Gasteiger charge is 2.15. The topological polar surface area (TPSA) is 52.4 Å². The molecule has 0 radical (unpaired) electrons. The summed E-state index contributed by atoms with van der Waals surface area (Å²) < 4.78 is 5.53. The van der Waals surface area contributed by atoms with E-state index in [0.29, 0.717) is 27.2 Å². The van der Waals surface area contributed by atoms with Crippen LogP contribution in [-0.4, -0.2) is 4.92 Å². The number of hydrogen-bond acceptors (Lipinski definition) is 3. The predicted octanol–water partition coefficient (Wildman–Crippen LogP) is 5.22. The van der Waals surface area contributed by atoms with Crippen molar-refractivity contribution in [3.05, 3.63) is 67.7 Å². The molecule has 0 spiro atoms. The molecule has 110 valence electrons. The van der Waals surface area contributed by atoms with Gasteiger partial charge in [0.05, 0.1) is 15.5 Å². The third-order valence-corrected chi connectivity index (χ3v) is 3.61. The van der Waals surface area contributed by atoms with Crippen LogP contribution in [-0.2, 0) is 12.5 Å². The molecule has 21 heavy (non-hydrogen) atoms. The van der Waals surface area contributed by atoms with Crippen LogP contribution in [0.25, 0.3) is 0 Å². The molecular weight excluding hydrogens is 337 g/mol. The quantitative estimate of drug-likeness (QED) is 0.424. The van der Waals surface area contributed by atoms with Crippen molar-refractivity contribution in [3.63, 3.8) is 0 Å². The van der Waals surface area contributed by atoms with E-state index in [2.05, 4.69) is 0 Å². The number of alkyl halides is 1. The summed E-state index contributed by atoms with van der Waals surface area (Å²) in [6, 6.07) is 9.46. The Labute approximate surface area is 136 Å². The summed E-state index contributed by atoms with van der Waals surface area (Å²) in [7, 11) is 0. The van der Waals surface area contributed by atoms with Crippen LogP contribution in [0.2, 0.25) is 10.0 Å². The van der Waals surface area contributed by atoms with Gasteiger partial charge in [0.25, 0.3) is 5.69 Å². The molecule has 4 nitrogen and oxygen atoms in total. The summed E-state index contributed by atoms with van der Waals surface area (Å²) in [6.07, 6.45) is 0. The van der Waals surface area contributed by atoms with E-state index in [4.69, 9.17) is 39.5 Å². The third-order valence-electron chi connectivity index (χ3n) is 2.77. The molecule has 0 aliphatic carbocycles. The Bertz CT molecular complexity index is 677. The highest BCUT2D eigenvalue weighted by molar-refractivity contribution is 6.32. The van der Waals surface area contributed by atoms with Crippen molar-refractivity contribution in [2.75, 3.05) is 0 Å². The van der Waals surface area contributed by atoms with Crippen molar-refractivity contribution < 1.29 is 9.66 Å². The summed E-state index contributed by atoms with van der Waals surface area (Å²) in [5.41, 5.74) is 1.20. The first kappa shape index (κ1) is 15.9. The van der Waals surface area contributed by atoms with Crippen LogP contribution in [0.15, 0.2) is 36.4 Å². The number of rotatable bonds is 5. The molecule has 0 aliphatic rings. The molecule has 7 heteroatoms. The SMILES string of the molecule is O=[N+]([O-])c1ccc(Cl)cc1COc1ccc(CCl)cc1Cl. The highest BCUT2D eigenvalue weighted by Crippen LogP contribution is 2.29. The van der Waals surface area contributed by atoms with Gasteiger partial charge in [-0.25, -0.2) is 0 Å². The second kappa shape index (κ2) is 6.98. The van der Waals surface area contributed by atoms with Gasteiger partial charge in [0.2, 0.25) is 0 Å². The Hall–Kier alpha value is -1.49. The zero-order valence-corrected chi connectivity index (χ0v) is 13.0. The monoisotopic (exact) mass is 345 g/mol. The van der Waals surface area contributed by atoms with Gasteiger partial charge in [-0.2, -0.15) is 0 Å². The average molecular weight is 347 g/mol. The molecule has 0 aromatic heterocycles. The van der Waals surface area contributed by atoms with Gasteiger partial charge in [-0.05, 0) is 29.8 Å². The van der Waals surface area contributed by atoms with Gasteiger partial charge >= 0.3 is 0 Å². The van der Waals surface area contributed by atoms with Crippen LogP contribution in [0.4, 0.5) is 5.69 Å². The van der Waals surface area contributed by atoms with E-state index >= 15 is 0 Å². The van der Waals surface area contributed by atoms with Gasteiger partial charge in [0, 0.05) is 17.0 Å². The molecule has 0 N–H and O–H groups in total. The molecule has 0 aliphatic heterocycles.